The summed E-state index contributed by atoms with van der Waals surface area (Å²) in [5.74, 6) is 0.297. The van der Waals surface area contributed by atoms with Crippen molar-refractivity contribution in [2.75, 3.05) is 20.3 Å². The minimum absolute atomic E-state index is 0.455. The molecule has 110 valence electrons. The summed E-state index contributed by atoms with van der Waals surface area (Å²) in [7, 11) is 1.64. The van der Waals surface area contributed by atoms with Crippen LogP contribution in [0.2, 0.25) is 0 Å². The van der Waals surface area contributed by atoms with Gasteiger partial charge in [0, 0.05) is 18.4 Å². The van der Waals surface area contributed by atoms with Gasteiger partial charge in [-0.2, -0.15) is 0 Å². The first-order valence-corrected chi connectivity index (χ1v) is 7.22. The van der Waals surface area contributed by atoms with Gasteiger partial charge >= 0.3 is 0 Å². The zero-order valence-electron chi connectivity index (χ0n) is 12.1. The minimum Gasteiger partial charge on any atom is -0.496 e. The van der Waals surface area contributed by atoms with Gasteiger partial charge in [0.1, 0.15) is 5.75 Å². The van der Waals surface area contributed by atoms with Crippen molar-refractivity contribution in [3.8, 4) is 5.75 Å². The van der Waals surface area contributed by atoms with Crippen LogP contribution in [0.25, 0.3) is 0 Å². The molecule has 1 aliphatic carbocycles. The summed E-state index contributed by atoms with van der Waals surface area (Å²) < 4.78 is 16.9. The summed E-state index contributed by atoms with van der Waals surface area (Å²) in [6.07, 6.45) is 2.71. The third kappa shape index (κ3) is 2.32. The van der Waals surface area contributed by atoms with E-state index in [2.05, 4.69) is 0 Å². The molecule has 1 spiro atoms. The van der Waals surface area contributed by atoms with E-state index >= 15 is 0 Å². The van der Waals surface area contributed by atoms with Gasteiger partial charge in [0.2, 0.25) is 0 Å². The minimum atomic E-state index is -0.849. The van der Waals surface area contributed by atoms with Crippen LogP contribution in [0.1, 0.15) is 36.8 Å². The molecule has 3 rings (SSSR count). The van der Waals surface area contributed by atoms with Crippen LogP contribution in [0, 0.1) is 6.92 Å². The molecule has 1 aromatic carbocycles. The Morgan fingerprint density at radius 1 is 1.10 bits per heavy atom. The Morgan fingerprint density at radius 2 is 1.75 bits per heavy atom. The maximum absolute atomic E-state index is 11.0. The van der Waals surface area contributed by atoms with E-state index in [0.29, 0.717) is 26.1 Å². The first-order valence-electron chi connectivity index (χ1n) is 7.22. The van der Waals surface area contributed by atoms with Crippen molar-refractivity contribution < 1.29 is 19.3 Å². The second-order valence-corrected chi connectivity index (χ2v) is 5.84. The second-order valence-electron chi connectivity index (χ2n) is 5.84. The summed E-state index contributed by atoms with van der Waals surface area (Å²) in [6, 6.07) is 5.95. The highest BCUT2D eigenvalue weighted by Crippen LogP contribution is 2.47. The number of aliphatic hydroxyl groups is 1. The summed E-state index contributed by atoms with van der Waals surface area (Å²) >= 11 is 0. The van der Waals surface area contributed by atoms with Gasteiger partial charge in [-0.1, -0.05) is 11.6 Å². The molecule has 1 aromatic rings. The molecule has 2 aliphatic rings. The third-order valence-corrected chi connectivity index (χ3v) is 4.51. The van der Waals surface area contributed by atoms with Crippen LogP contribution in [0.15, 0.2) is 18.2 Å². The molecule has 4 heteroatoms. The van der Waals surface area contributed by atoms with E-state index in [1.807, 2.05) is 25.1 Å². The molecule has 0 aromatic heterocycles. The third-order valence-electron chi connectivity index (χ3n) is 4.51. The zero-order valence-corrected chi connectivity index (χ0v) is 12.1. The van der Waals surface area contributed by atoms with Crippen LogP contribution < -0.4 is 4.74 Å². The first-order chi connectivity index (χ1) is 9.57. The van der Waals surface area contributed by atoms with Crippen molar-refractivity contribution in [2.45, 2.75) is 44.0 Å². The Bertz CT molecular complexity index is 481. The molecule has 1 aliphatic heterocycles. The van der Waals surface area contributed by atoms with Gasteiger partial charge in [0.05, 0.1) is 25.9 Å². The first kappa shape index (κ1) is 13.9. The lowest BCUT2D eigenvalue weighted by molar-refractivity contribution is -0.204. The van der Waals surface area contributed by atoms with Crippen molar-refractivity contribution in [3.63, 3.8) is 0 Å². The monoisotopic (exact) mass is 278 g/mol. The molecule has 0 bridgehead atoms. The van der Waals surface area contributed by atoms with Crippen molar-refractivity contribution in [1.82, 2.24) is 0 Å². The van der Waals surface area contributed by atoms with Gasteiger partial charge in [-0.25, -0.2) is 0 Å². The number of hydrogen-bond donors (Lipinski definition) is 1. The standard InChI is InChI=1S/C16H22O4/c1-12-3-4-14(18-2)13(11-12)15(17)5-7-16(8-6-15)19-9-10-20-16/h3-4,11,17H,5-10H2,1-2H3. The summed E-state index contributed by atoms with van der Waals surface area (Å²) in [4.78, 5) is 0. The number of benzene rings is 1. The Morgan fingerprint density at radius 3 is 2.35 bits per heavy atom. The van der Waals surface area contributed by atoms with E-state index in [0.717, 1.165) is 29.7 Å². The molecule has 0 atom stereocenters. The fraction of sp³-hybridized carbons (Fsp3) is 0.625. The lowest BCUT2D eigenvalue weighted by Gasteiger charge is -2.41. The average Bonchev–Trinajstić information content (AvgIpc) is 2.91. The SMILES string of the molecule is COc1ccc(C)cc1C1(O)CCC2(CC1)OCCO2. The maximum atomic E-state index is 11.0. The number of aryl methyl sites for hydroxylation is 1. The van der Waals surface area contributed by atoms with Gasteiger partial charge < -0.3 is 19.3 Å². The van der Waals surface area contributed by atoms with E-state index in [4.69, 9.17) is 14.2 Å². The van der Waals surface area contributed by atoms with Crippen molar-refractivity contribution >= 4 is 0 Å². The highest BCUT2D eigenvalue weighted by atomic mass is 16.7. The lowest BCUT2D eigenvalue weighted by atomic mass is 9.76. The smallest absolute Gasteiger partial charge is 0.168 e. The summed E-state index contributed by atoms with van der Waals surface area (Å²) in [5.41, 5.74) is 1.16. The van der Waals surface area contributed by atoms with E-state index in [1.165, 1.54) is 0 Å². The zero-order chi connectivity index (χ0) is 14.2. The molecule has 1 saturated carbocycles. The molecule has 2 fully saturated rings. The molecule has 4 nitrogen and oxygen atoms in total. The Hall–Kier alpha value is -1.10. The highest BCUT2D eigenvalue weighted by Gasteiger charge is 2.47. The average molecular weight is 278 g/mol. The van der Waals surface area contributed by atoms with Crippen molar-refractivity contribution in [1.29, 1.82) is 0 Å². The van der Waals surface area contributed by atoms with Crippen molar-refractivity contribution in [2.24, 2.45) is 0 Å². The maximum Gasteiger partial charge on any atom is 0.168 e. The van der Waals surface area contributed by atoms with Crippen LogP contribution in [-0.4, -0.2) is 31.2 Å². The van der Waals surface area contributed by atoms with E-state index < -0.39 is 11.4 Å². The predicted octanol–water partition coefficient (Wildman–Crippen LogP) is 2.51. The van der Waals surface area contributed by atoms with Crippen LogP contribution in [0.3, 0.4) is 0 Å². The molecule has 0 radical (unpaired) electrons. The number of rotatable bonds is 2. The largest absolute Gasteiger partial charge is 0.496 e. The fourth-order valence-corrected chi connectivity index (χ4v) is 3.28. The Labute approximate surface area is 119 Å². The van der Waals surface area contributed by atoms with Crippen LogP contribution >= 0.6 is 0 Å². The van der Waals surface area contributed by atoms with Crippen LogP contribution in [-0.2, 0) is 15.1 Å². The van der Waals surface area contributed by atoms with Gasteiger partial charge in [-0.3, -0.25) is 0 Å². The van der Waals surface area contributed by atoms with E-state index in [1.54, 1.807) is 7.11 Å². The highest BCUT2D eigenvalue weighted by molar-refractivity contribution is 5.41. The number of ether oxygens (including phenoxy) is 3. The van der Waals surface area contributed by atoms with Gasteiger partial charge in [-0.05, 0) is 31.9 Å². The normalized spacial score (nSPS) is 23.9. The van der Waals surface area contributed by atoms with E-state index in [9.17, 15) is 5.11 Å². The van der Waals surface area contributed by atoms with Crippen LogP contribution in [0.5, 0.6) is 5.75 Å². The Balaban J connectivity index is 1.85. The number of methoxy groups -OCH3 is 1. The van der Waals surface area contributed by atoms with Gasteiger partial charge in [-0.15, -0.1) is 0 Å². The molecule has 1 heterocycles. The Kier molecular flexibility index (Phi) is 3.48. The van der Waals surface area contributed by atoms with Gasteiger partial charge in [0.15, 0.2) is 5.79 Å². The van der Waals surface area contributed by atoms with Crippen molar-refractivity contribution in [3.05, 3.63) is 29.3 Å². The summed E-state index contributed by atoms with van der Waals surface area (Å²) in [6.45, 7) is 3.35. The van der Waals surface area contributed by atoms with Crippen LogP contribution in [0.4, 0.5) is 0 Å². The van der Waals surface area contributed by atoms with E-state index in [-0.39, 0.29) is 0 Å². The van der Waals surface area contributed by atoms with Gasteiger partial charge in [0.25, 0.3) is 0 Å². The lowest BCUT2D eigenvalue weighted by Crippen LogP contribution is -2.42. The second kappa shape index (κ2) is 5.02. The molecule has 1 N–H and O–H groups in total. The topological polar surface area (TPSA) is 47.9 Å². The molecular formula is C16H22O4. The molecular weight excluding hydrogens is 256 g/mol. The fourth-order valence-electron chi connectivity index (χ4n) is 3.28. The molecule has 0 unspecified atom stereocenters. The summed E-state index contributed by atoms with van der Waals surface area (Å²) in [5, 5.41) is 11.0. The molecule has 20 heavy (non-hydrogen) atoms. The molecule has 0 amide bonds. The number of hydrogen-bond acceptors (Lipinski definition) is 4. The molecule has 1 saturated heterocycles. The quantitative estimate of drug-likeness (QED) is 0.903. The predicted molar refractivity (Wildman–Crippen MR) is 74.7 cm³/mol.